The molecule has 4 heteroatoms. The summed E-state index contributed by atoms with van der Waals surface area (Å²) in [4.78, 5) is 4.47. The maximum Gasteiger partial charge on any atom is 0.148 e. The molecule has 0 bridgehead atoms. The summed E-state index contributed by atoms with van der Waals surface area (Å²) in [7, 11) is 3.34. The molecule has 0 aliphatic rings. The summed E-state index contributed by atoms with van der Waals surface area (Å²) in [5, 5.41) is 3.81. The van der Waals surface area contributed by atoms with Gasteiger partial charge in [0, 0.05) is 18.5 Å². The smallest absolute Gasteiger partial charge is 0.148 e. The zero-order chi connectivity index (χ0) is 12.4. The molecule has 17 heavy (non-hydrogen) atoms. The number of aromatic nitrogens is 1. The van der Waals surface area contributed by atoms with Crippen LogP contribution in [0.3, 0.4) is 0 Å². The molecular weight excluding hydrogens is 219 g/mol. The predicted molar refractivity (Wildman–Crippen MR) is 67.2 cm³/mol. The molecule has 90 valence electrons. The van der Waals surface area contributed by atoms with Crippen molar-refractivity contribution in [3.05, 3.63) is 29.6 Å². The molecule has 0 amide bonds. The predicted octanol–water partition coefficient (Wildman–Crippen LogP) is 2.99. The molecule has 0 aliphatic heterocycles. The first-order chi connectivity index (χ1) is 8.19. The highest BCUT2D eigenvalue weighted by molar-refractivity contribution is 5.87. The second-order valence-electron chi connectivity index (χ2n) is 3.78. The highest BCUT2D eigenvalue weighted by Crippen LogP contribution is 2.29. The normalized spacial score (nSPS) is 10.6. The molecule has 2 aromatic rings. The summed E-state index contributed by atoms with van der Waals surface area (Å²) < 4.78 is 18.5. The molecule has 0 spiro atoms. The summed E-state index contributed by atoms with van der Waals surface area (Å²) >= 11 is 0. The average molecular weight is 234 g/mol. The molecule has 0 fully saturated rings. The molecule has 0 saturated carbocycles. The molecule has 0 atom stereocenters. The number of methoxy groups -OCH3 is 1. The number of rotatable bonds is 3. The van der Waals surface area contributed by atoms with Gasteiger partial charge in [-0.15, -0.1) is 0 Å². The van der Waals surface area contributed by atoms with E-state index in [4.69, 9.17) is 4.74 Å². The maximum atomic E-state index is 13.4. The van der Waals surface area contributed by atoms with E-state index in [-0.39, 0.29) is 5.82 Å². The van der Waals surface area contributed by atoms with E-state index in [1.807, 2.05) is 20.0 Å². The van der Waals surface area contributed by atoms with Crippen molar-refractivity contribution in [1.82, 2.24) is 4.98 Å². The van der Waals surface area contributed by atoms with Crippen LogP contribution in [0.25, 0.3) is 10.9 Å². The van der Waals surface area contributed by atoms with Gasteiger partial charge in [-0.25, -0.2) is 9.37 Å². The van der Waals surface area contributed by atoms with E-state index in [1.54, 1.807) is 0 Å². The van der Waals surface area contributed by atoms with Crippen molar-refractivity contribution in [1.29, 1.82) is 0 Å². The summed E-state index contributed by atoms with van der Waals surface area (Å²) in [6, 6.07) is 4.77. The van der Waals surface area contributed by atoms with Gasteiger partial charge in [0.05, 0.1) is 7.11 Å². The monoisotopic (exact) mass is 234 g/mol. The average Bonchev–Trinajstić information content (AvgIpc) is 2.35. The van der Waals surface area contributed by atoms with Gasteiger partial charge >= 0.3 is 0 Å². The van der Waals surface area contributed by atoms with E-state index in [9.17, 15) is 4.39 Å². The minimum absolute atomic E-state index is 0.310. The molecule has 3 nitrogen and oxygen atoms in total. The Morgan fingerprint density at radius 2 is 2.12 bits per heavy atom. The molecule has 0 aliphatic carbocycles. The second-order valence-corrected chi connectivity index (χ2v) is 3.78. The van der Waals surface area contributed by atoms with E-state index < -0.39 is 0 Å². The van der Waals surface area contributed by atoms with Crippen molar-refractivity contribution in [2.75, 3.05) is 19.5 Å². The number of ether oxygens (including phenoxy) is 1. The van der Waals surface area contributed by atoms with Crippen LogP contribution in [0.2, 0.25) is 0 Å². The van der Waals surface area contributed by atoms with Crippen LogP contribution >= 0.6 is 0 Å². The van der Waals surface area contributed by atoms with Gasteiger partial charge in [0.25, 0.3) is 0 Å². The number of nitrogens with one attached hydrogen (secondary N) is 1. The van der Waals surface area contributed by atoms with Crippen molar-refractivity contribution in [3.63, 3.8) is 0 Å². The second kappa shape index (κ2) is 4.57. The lowest BCUT2D eigenvalue weighted by Gasteiger charge is -2.11. The van der Waals surface area contributed by atoms with Gasteiger partial charge in [0.1, 0.15) is 22.9 Å². The number of pyridine rings is 1. The van der Waals surface area contributed by atoms with Crippen LogP contribution in [0.15, 0.2) is 18.2 Å². The topological polar surface area (TPSA) is 34.1 Å². The number of aryl methyl sites for hydroxylation is 1. The first-order valence-corrected chi connectivity index (χ1v) is 5.54. The van der Waals surface area contributed by atoms with Gasteiger partial charge in [0.15, 0.2) is 0 Å². The number of hydrogen-bond donors (Lipinski definition) is 1. The lowest BCUT2D eigenvalue weighted by molar-refractivity contribution is 0.415. The first-order valence-electron chi connectivity index (χ1n) is 5.54. The van der Waals surface area contributed by atoms with Crippen LogP contribution in [0.4, 0.5) is 10.2 Å². The van der Waals surface area contributed by atoms with Gasteiger partial charge in [-0.3, -0.25) is 0 Å². The molecule has 1 aromatic carbocycles. The zero-order valence-corrected chi connectivity index (χ0v) is 10.2. The van der Waals surface area contributed by atoms with E-state index in [0.29, 0.717) is 11.3 Å². The third-order valence-corrected chi connectivity index (χ3v) is 2.76. The maximum absolute atomic E-state index is 13.4. The fraction of sp³-hybridized carbons (Fsp3) is 0.308. The standard InChI is InChI=1S/C13H15FN2O/c1-4-8-5-9-6-10(14)7-11(17-3)12(9)16-13(8)15-2/h5-7H,4H2,1-3H3,(H,15,16). The van der Waals surface area contributed by atoms with Crippen molar-refractivity contribution in [2.24, 2.45) is 0 Å². The molecule has 1 heterocycles. The molecule has 1 N–H and O–H groups in total. The van der Waals surface area contributed by atoms with Crippen LogP contribution in [0.1, 0.15) is 12.5 Å². The Bertz CT molecular complexity index is 555. The van der Waals surface area contributed by atoms with E-state index in [0.717, 1.165) is 23.2 Å². The SMILES string of the molecule is CCc1cc2cc(F)cc(OC)c2nc1NC. The van der Waals surface area contributed by atoms with E-state index >= 15 is 0 Å². The highest BCUT2D eigenvalue weighted by Gasteiger charge is 2.10. The van der Waals surface area contributed by atoms with Crippen molar-refractivity contribution < 1.29 is 9.13 Å². The fourth-order valence-electron chi connectivity index (χ4n) is 1.91. The molecule has 0 saturated heterocycles. The zero-order valence-electron chi connectivity index (χ0n) is 10.2. The van der Waals surface area contributed by atoms with Crippen LogP contribution < -0.4 is 10.1 Å². The summed E-state index contributed by atoms with van der Waals surface area (Å²) in [6.07, 6.45) is 0.845. The molecule has 0 unspecified atom stereocenters. The fourth-order valence-corrected chi connectivity index (χ4v) is 1.91. The number of hydrogen-bond acceptors (Lipinski definition) is 3. The van der Waals surface area contributed by atoms with Gasteiger partial charge in [-0.2, -0.15) is 0 Å². The Morgan fingerprint density at radius 3 is 2.71 bits per heavy atom. The Labute approximate surface area is 99.6 Å². The molecule has 2 rings (SSSR count). The van der Waals surface area contributed by atoms with Crippen LogP contribution in [-0.4, -0.2) is 19.1 Å². The Hall–Kier alpha value is -1.84. The number of halogens is 1. The van der Waals surface area contributed by atoms with Gasteiger partial charge in [-0.05, 0) is 24.1 Å². The van der Waals surface area contributed by atoms with Gasteiger partial charge in [-0.1, -0.05) is 6.92 Å². The summed E-state index contributed by atoms with van der Waals surface area (Å²) in [5.74, 6) is 0.958. The van der Waals surface area contributed by atoms with Crippen LogP contribution in [0, 0.1) is 5.82 Å². The van der Waals surface area contributed by atoms with Crippen molar-refractivity contribution >= 4 is 16.7 Å². The van der Waals surface area contributed by atoms with Crippen LogP contribution in [-0.2, 0) is 6.42 Å². The third-order valence-electron chi connectivity index (χ3n) is 2.76. The minimum atomic E-state index is -0.310. The van der Waals surface area contributed by atoms with Gasteiger partial charge in [0.2, 0.25) is 0 Å². The lowest BCUT2D eigenvalue weighted by Crippen LogP contribution is -2.00. The molecule has 0 radical (unpaired) electrons. The number of benzene rings is 1. The third kappa shape index (κ3) is 2.02. The Morgan fingerprint density at radius 1 is 1.35 bits per heavy atom. The highest BCUT2D eigenvalue weighted by atomic mass is 19.1. The molecular formula is C13H15FN2O. The van der Waals surface area contributed by atoms with Crippen LogP contribution in [0.5, 0.6) is 5.75 Å². The van der Waals surface area contributed by atoms with Gasteiger partial charge < -0.3 is 10.1 Å². The van der Waals surface area contributed by atoms with Crippen molar-refractivity contribution in [3.8, 4) is 5.75 Å². The quantitative estimate of drug-likeness (QED) is 0.886. The lowest BCUT2D eigenvalue weighted by atomic mass is 10.1. The number of fused-ring (bicyclic) bond motifs is 1. The first kappa shape index (κ1) is 11.6. The van der Waals surface area contributed by atoms with E-state index in [2.05, 4.69) is 10.3 Å². The van der Waals surface area contributed by atoms with E-state index in [1.165, 1.54) is 19.2 Å². The summed E-state index contributed by atoms with van der Waals surface area (Å²) in [5.41, 5.74) is 1.74. The Kier molecular flexibility index (Phi) is 3.13. The largest absolute Gasteiger partial charge is 0.494 e. The number of anilines is 1. The molecule has 1 aromatic heterocycles. The minimum Gasteiger partial charge on any atom is -0.494 e. The summed E-state index contributed by atoms with van der Waals surface area (Å²) in [6.45, 7) is 2.04. The Balaban J connectivity index is 2.77. The van der Waals surface area contributed by atoms with Crippen molar-refractivity contribution in [2.45, 2.75) is 13.3 Å². The number of nitrogens with zero attached hydrogens (tertiary/aromatic N) is 1.